The fourth-order valence-electron chi connectivity index (χ4n) is 6.75. The van der Waals surface area contributed by atoms with Crippen LogP contribution in [0.3, 0.4) is 0 Å². The van der Waals surface area contributed by atoms with Gasteiger partial charge in [-0.2, -0.15) is 4.31 Å². The largest absolute Gasteiger partial charge is 0.385 e. The molecule has 0 saturated carbocycles. The molecule has 3 aromatic rings. The molecule has 2 aromatic carbocycles. The number of likely N-dealkylation sites (tertiary alicyclic amines) is 1. The van der Waals surface area contributed by atoms with Crippen molar-refractivity contribution in [3.05, 3.63) is 54.4 Å². The first-order chi connectivity index (χ1) is 20.8. The highest BCUT2D eigenvalue weighted by atomic mass is 32.2. The van der Waals surface area contributed by atoms with Crippen LogP contribution in [-0.4, -0.2) is 91.5 Å². The number of rotatable bonds is 9. The van der Waals surface area contributed by atoms with Gasteiger partial charge in [-0.1, -0.05) is 12.1 Å². The highest BCUT2D eigenvalue weighted by molar-refractivity contribution is 7.89. The van der Waals surface area contributed by atoms with Crippen LogP contribution < -0.4 is 10.6 Å². The van der Waals surface area contributed by atoms with E-state index in [4.69, 9.17) is 15.5 Å². The molecule has 6 rings (SSSR count). The zero-order valence-electron chi connectivity index (χ0n) is 24.6. The monoisotopic (exact) mass is 608 g/mol. The van der Waals surface area contributed by atoms with Gasteiger partial charge >= 0.3 is 0 Å². The highest BCUT2D eigenvalue weighted by Gasteiger charge is 2.43. The third-order valence-corrected chi connectivity index (χ3v) is 10.9. The molecule has 11 nitrogen and oxygen atoms in total. The zero-order valence-corrected chi connectivity index (χ0v) is 25.4. The molecule has 3 aliphatic rings. The molecule has 4 heterocycles. The Balaban J connectivity index is 1.15. The molecule has 0 radical (unpaired) electrons. The first kappa shape index (κ1) is 29.7. The van der Waals surface area contributed by atoms with Crippen molar-refractivity contribution < 1.29 is 22.7 Å². The maximum atomic E-state index is 13.8. The number of fused-ring (bicyclic) bond motifs is 1. The molecule has 1 aromatic heterocycles. The minimum Gasteiger partial charge on any atom is -0.385 e. The lowest BCUT2D eigenvalue weighted by Crippen LogP contribution is -2.47. The number of aryl methyl sites for hydroxylation is 1. The minimum atomic E-state index is -3.85. The number of carbonyl (C=O) groups is 2. The second-order valence-electron chi connectivity index (χ2n) is 11.8. The summed E-state index contributed by atoms with van der Waals surface area (Å²) in [6, 6.07) is 13.9. The number of ether oxygens (including phenoxy) is 1. The molecular formula is C31H40N6O5S. The smallest absolute Gasteiger partial charge is 0.243 e. The average Bonchev–Trinajstić information content (AvgIpc) is 3.74. The van der Waals surface area contributed by atoms with E-state index in [1.54, 1.807) is 24.1 Å². The Morgan fingerprint density at radius 2 is 1.84 bits per heavy atom. The van der Waals surface area contributed by atoms with Crippen molar-refractivity contribution in [3.8, 4) is 0 Å². The summed E-state index contributed by atoms with van der Waals surface area (Å²) in [5.74, 6) is 0.390. The summed E-state index contributed by atoms with van der Waals surface area (Å²) in [4.78, 5) is 34.6. The summed E-state index contributed by atoms with van der Waals surface area (Å²) >= 11 is 0. The van der Waals surface area contributed by atoms with E-state index in [0.29, 0.717) is 38.3 Å². The summed E-state index contributed by atoms with van der Waals surface area (Å²) in [6.45, 7) is 3.35. The number of hydrogen-bond acceptors (Lipinski definition) is 7. The van der Waals surface area contributed by atoms with Crippen LogP contribution in [0.5, 0.6) is 0 Å². The van der Waals surface area contributed by atoms with Crippen molar-refractivity contribution >= 4 is 38.6 Å². The SMILES string of the molecule is COCCCn1c(C2CCCN(C(=O)[C@@H]3CN(S(=O)(=O)c4ccc(N5CCCC5=O)cc4)C[C@H]3N)C2)nc2ccccc21. The molecule has 2 amide bonds. The number of nitrogens with zero attached hydrogens (tertiary/aromatic N) is 5. The number of sulfonamides is 1. The number of nitrogens with two attached hydrogens (primary N) is 1. The van der Waals surface area contributed by atoms with E-state index in [1.165, 1.54) is 16.4 Å². The van der Waals surface area contributed by atoms with Crippen LogP contribution in [0.4, 0.5) is 5.69 Å². The Morgan fingerprint density at radius 1 is 1.05 bits per heavy atom. The molecule has 3 atom stereocenters. The molecule has 3 aliphatic heterocycles. The Labute approximate surface area is 252 Å². The number of para-hydroxylation sites is 2. The van der Waals surface area contributed by atoms with Gasteiger partial charge in [-0.05, 0) is 62.1 Å². The van der Waals surface area contributed by atoms with E-state index >= 15 is 0 Å². The minimum absolute atomic E-state index is 0.0470. The van der Waals surface area contributed by atoms with Gasteiger partial charge in [0, 0.05) is 77.1 Å². The zero-order chi connectivity index (χ0) is 30.1. The molecule has 43 heavy (non-hydrogen) atoms. The summed E-state index contributed by atoms with van der Waals surface area (Å²) in [6.07, 6.45) is 3.93. The summed E-state index contributed by atoms with van der Waals surface area (Å²) in [7, 11) is -2.15. The molecule has 230 valence electrons. The number of carbonyl (C=O) groups excluding carboxylic acids is 2. The number of hydrogen-bond donors (Lipinski definition) is 1. The number of piperidine rings is 1. The quantitative estimate of drug-likeness (QED) is 0.370. The predicted molar refractivity (Wildman–Crippen MR) is 163 cm³/mol. The van der Waals surface area contributed by atoms with Crippen LogP contribution in [0.2, 0.25) is 0 Å². The third kappa shape index (κ3) is 5.81. The van der Waals surface area contributed by atoms with Gasteiger partial charge in [-0.15, -0.1) is 0 Å². The maximum Gasteiger partial charge on any atom is 0.243 e. The summed E-state index contributed by atoms with van der Waals surface area (Å²) < 4.78 is 35.9. The molecule has 3 fully saturated rings. The van der Waals surface area contributed by atoms with Crippen molar-refractivity contribution in [1.82, 2.24) is 18.8 Å². The first-order valence-electron chi connectivity index (χ1n) is 15.2. The lowest BCUT2D eigenvalue weighted by molar-refractivity contribution is -0.136. The Bertz CT molecular complexity index is 1590. The fourth-order valence-corrected chi connectivity index (χ4v) is 8.25. The van der Waals surface area contributed by atoms with Gasteiger partial charge in [0.2, 0.25) is 21.8 Å². The number of amides is 2. The van der Waals surface area contributed by atoms with Crippen molar-refractivity contribution in [2.24, 2.45) is 11.7 Å². The Kier molecular flexibility index (Phi) is 8.54. The maximum absolute atomic E-state index is 13.8. The van der Waals surface area contributed by atoms with Crippen molar-refractivity contribution in [2.75, 3.05) is 51.3 Å². The van der Waals surface area contributed by atoms with Crippen molar-refractivity contribution in [3.63, 3.8) is 0 Å². The number of benzene rings is 2. The van der Waals surface area contributed by atoms with Gasteiger partial charge in [-0.25, -0.2) is 13.4 Å². The number of aromatic nitrogens is 2. The predicted octanol–water partition coefficient (Wildman–Crippen LogP) is 2.55. The molecule has 1 unspecified atom stereocenters. The van der Waals surface area contributed by atoms with E-state index in [0.717, 1.165) is 49.1 Å². The van der Waals surface area contributed by atoms with Crippen LogP contribution in [-0.2, 0) is 30.9 Å². The van der Waals surface area contributed by atoms with Gasteiger partial charge in [0.25, 0.3) is 0 Å². The van der Waals surface area contributed by atoms with Gasteiger partial charge in [0.05, 0.1) is 21.8 Å². The first-order valence-corrected chi connectivity index (χ1v) is 16.6. The number of imidazole rings is 1. The molecule has 3 saturated heterocycles. The van der Waals surface area contributed by atoms with E-state index in [-0.39, 0.29) is 35.7 Å². The molecule has 12 heteroatoms. The molecule has 0 spiro atoms. The summed E-state index contributed by atoms with van der Waals surface area (Å²) in [5, 5.41) is 0. The normalized spacial score (nSPS) is 23.5. The molecule has 2 N–H and O–H groups in total. The lowest BCUT2D eigenvalue weighted by atomic mass is 9.94. The highest BCUT2D eigenvalue weighted by Crippen LogP contribution is 2.32. The third-order valence-electron chi connectivity index (χ3n) is 9.02. The second kappa shape index (κ2) is 12.4. The van der Waals surface area contributed by atoms with Gasteiger partial charge in [-0.3, -0.25) is 9.59 Å². The summed E-state index contributed by atoms with van der Waals surface area (Å²) in [5.41, 5.74) is 9.15. The van der Waals surface area contributed by atoms with Gasteiger partial charge < -0.3 is 24.8 Å². The Morgan fingerprint density at radius 3 is 2.58 bits per heavy atom. The molecule has 0 bridgehead atoms. The van der Waals surface area contributed by atoms with Gasteiger partial charge in [0.15, 0.2) is 0 Å². The molecular weight excluding hydrogens is 568 g/mol. The standard InChI is InChI=1S/C31H40N6O5S/c1-42-18-6-17-37-28-9-3-2-8-27(28)33-30(37)22-7-4-15-34(19-22)31(39)25-20-35(21-26(25)32)43(40,41)24-13-11-23(12-14-24)36-16-5-10-29(36)38/h2-3,8-9,11-14,22,25-26H,4-7,10,15-21,32H2,1H3/t22?,25-,26-/m1/s1. The lowest BCUT2D eigenvalue weighted by Gasteiger charge is -2.35. The van der Waals surface area contributed by atoms with Crippen molar-refractivity contribution in [2.45, 2.75) is 55.5 Å². The van der Waals surface area contributed by atoms with E-state index in [2.05, 4.69) is 10.6 Å². The van der Waals surface area contributed by atoms with Crippen LogP contribution in [0.15, 0.2) is 53.4 Å². The van der Waals surface area contributed by atoms with Crippen LogP contribution in [0.25, 0.3) is 11.0 Å². The molecule has 0 aliphatic carbocycles. The topological polar surface area (TPSA) is 131 Å². The average molecular weight is 609 g/mol. The van der Waals surface area contributed by atoms with Crippen LogP contribution in [0.1, 0.15) is 43.8 Å². The van der Waals surface area contributed by atoms with Crippen molar-refractivity contribution in [1.29, 1.82) is 0 Å². The fraction of sp³-hybridized carbons (Fsp3) is 0.516. The van der Waals surface area contributed by atoms with Crippen LogP contribution >= 0.6 is 0 Å². The second-order valence-corrected chi connectivity index (χ2v) is 13.8. The van der Waals surface area contributed by atoms with E-state index in [9.17, 15) is 18.0 Å². The number of methoxy groups -OCH3 is 1. The Hall–Kier alpha value is -3.32. The van der Waals surface area contributed by atoms with Crippen LogP contribution in [0, 0.1) is 5.92 Å². The van der Waals surface area contributed by atoms with E-state index < -0.39 is 22.0 Å². The van der Waals surface area contributed by atoms with E-state index in [1.807, 2.05) is 23.1 Å². The van der Waals surface area contributed by atoms with Gasteiger partial charge in [0.1, 0.15) is 5.82 Å². The number of anilines is 1.